The number of carbonyl (C=O) groups is 1. The van der Waals surface area contributed by atoms with Crippen LogP contribution in [0.5, 0.6) is 0 Å². The minimum atomic E-state index is -2.72. The Balaban J connectivity index is 1.76. The SMILES string of the molecule is O=C([C@H]1CCC(F)(F)C1)N1CCc2cc[nH]c(=O)c2C1. The van der Waals surface area contributed by atoms with E-state index < -0.39 is 11.8 Å². The number of aromatic amines is 1. The number of halogens is 2. The Morgan fingerprint density at radius 1 is 1.45 bits per heavy atom. The standard InChI is InChI=1S/C14H16F2N2O2/c15-14(16)4-1-10(7-14)13(20)18-6-3-9-2-5-17-12(19)11(9)8-18/h2,5,10H,1,3-4,6-8H2,(H,17,19)/t10-/m0/s1. The Morgan fingerprint density at radius 3 is 2.95 bits per heavy atom. The zero-order chi connectivity index (χ0) is 14.3. The topological polar surface area (TPSA) is 53.2 Å². The normalized spacial score (nSPS) is 24.5. The molecule has 1 aliphatic carbocycles. The van der Waals surface area contributed by atoms with Gasteiger partial charge in [-0.2, -0.15) is 0 Å². The van der Waals surface area contributed by atoms with Crippen LogP contribution in [-0.2, 0) is 17.8 Å². The fraction of sp³-hybridized carbons (Fsp3) is 0.571. The van der Waals surface area contributed by atoms with Crippen molar-refractivity contribution in [3.05, 3.63) is 33.7 Å². The molecule has 0 bridgehead atoms. The summed E-state index contributed by atoms with van der Waals surface area (Å²) < 4.78 is 26.4. The molecule has 4 nitrogen and oxygen atoms in total. The number of hydrogen-bond acceptors (Lipinski definition) is 2. The highest BCUT2D eigenvalue weighted by molar-refractivity contribution is 5.79. The number of rotatable bonds is 1. The second kappa shape index (κ2) is 4.68. The summed E-state index contributed by atoms with van der Waals surface area (Å²) in [5.74, 6) is -3.56. The second-order valence-corrected chi connectivity index (χ2v) is 5.62. The average Bonchev–Trinajstić information content (AvgIpc) is 2.78. The third-order valence-electron chi connectivity index (χ3n) is 4.23. The number of alkyl halides is 2. The maximum atomic E-state index is 13.2. The van der Waals surface area contributed by atoms with Gasteiger partial charge in [0.1, 0.15) is 0 Å². The van der Waals surface area contributed by atoms with E-state index in [9.17, 15) is 18.4 Å². The molecule has 2 aliphatic rings. The number of pyridine rings is 1. The molecule has 1 saturated carbocycles. The number of H-pyrrole nitrogens is 1. The summed E-state index contributed by atoms with van der Waals surface area (Å²) in [4.78, 5) is 28.2. The lowest BCUT2D eigenvalue weighted by Crippen LogP contribution is -2.41. The molecule has 3 rings (SSSR count). The van der Waals surface area contributed by atoms with E-state index in [2.05, 4.69) is 4.98 Å². The van der Waals surface area contributed by atoms with E-state index >= 15 is 0 Å². The van der Waals surface area contributed by atoms with Gasteiger partial charge in [-0.15, -0.1) is 0 Å². The van der Waals surface area contributed by atoms with E-state index in [0.717, 1.165) is 5.56 Å². The maximum absolute atomic E-state index is 13.2. The van der Waals surface area contributed by atoms with Gasteiger partial charge in [-0.3, -0.25) is 9.59 Å². The Hall–Kier alpha value is -1.72. The Labute approximate surface area is 114 Å². The van der Waals surface area contributed by atoms with Crippen LogP contribution < -0.4 is 5.56 Å². The predicted molar refractivity (Wildman–Crippen MR) is 68.5 cm³/mol. The highest BCUT2D eigenvalue weighted by Gasteiger charge is 2.44. The number of nitrogens with zero attached hydrogens (tertiary/aromatic N) is 1. The quantitative estimate of drug-likeness (QED) is 0.852. The van der Waals surface area contributed by atoms with Gasteiger partial charge in [0.25, 0.3) is 5.56 Å². The lowest BCUT2D eigenvalue weighted by molar-refractivity contribution is -0.137. The van der Waals surface area contributed by atoms with Crippen molar-refractivity contribution in [2.75, 3.05) is 6.54 Å². The van der Waals surface area contributed by atoms with Crippen LogP contribution in [0.3, 0.4) is 0 Å². The van der Waals surface area contributed by atoms with Crippen molar-refractivity contribution in [3.8, 4) is 0 Å². The number of fused-ring (bicyclic) bond motifs is 1. The molecule has 1 amide bonds. The first-order valence-corrected chi connectivity index (χ1v) is 6.82. The van der Waals surface area contributed by atoms with Gasteiger partial charge in [-0.25, -0.2) is 8.78 Å². The van der Waals surface area contributed by atoms with Crippen LogP contribution >= 0.6 is 0 Å². The van der Waals surface area contributed by atoms with Crippen LogP contribution in [-0.4, -0.2) is 28.3 Å². The molecule has 1 atom stereocenters. The van der Waals surface area contributed by atoms with Crippen molar-refractivity contribution in [2.45, 2.75) is 38.2 Å². The molecule has 1 fully saturated rings. The minimum Gasteiger partial charge on any atom is -0.338 e. The summed E-state index contributed by atoms with van der Waals surface area (Å²) in [5.41, 5.74) is 1.32. The zero-order valence-corrected chi connectivity index (χ0v) is 11.0. The molecule has 108 valence electrons. The first-order valence-electron chi connectivity index (χ1n) is 6.82. The smallest absolute Gasteiger partial charge is 0.253 e. The van der Waals surface area contributed by atoms with Gasteiger partial charge in [0.05, 0.1) is 6.54 Å². The van der Waals surface area contributed by atoms with Crippen LogP contribution in [0, 0.1) is 5.92 Å². The van der Waals surface area contributed by atoms with Crippen LogP contribution in [0.15, 0.2) is 17.1 Å². The number of hydrogen-bond donors (Lipinski definition) is 1. The van der Waals surface area contributed by atoms with Gasteiger partial charge in [-0.05, 0) is 24.5 Å². The van der Waals surface area contributed by atoms with Gasteiger partial charge in [0.2, 0.25) is 11.8 Å². The van der Waals surface area contributed by atoms with Crippen LogP contribution in [0.2, 0.25) is 0 Å². The number of carbonyl (C=O) groups excluding carboxylic acids is 1. The Bertz CT molecular complexity index is 597. The van der Waals surface area contributed by atoms with Crippen molar-refractivity contribution < 1.29 is 13.6 Å². The van der Waals surface area contributed by atoms with Crippen molar-refractivity contribution in [1.82, 2.24) is 9.88 Å². The highest BCUT2D eigenvalue weighted by Crippen LogP contribution is 2.40. The largest absolute Gasteiger partial charge is 0.338 e. The summed E-state index contributed by atoms with van der Waals surface area (Å²) in [6.07, 6.45) is 1.86. The van der Waals surface area contributed by atoms with Crippen molar-refractivity contribution in [2.24, 2.45) is 5.92 Å². The number of amides is 1. The number of aromatic nitrogens is 1. The third kappa shape index (κ3) is 2.34. The highest BCUT2D eigenvalue weighted by atomic mass is 19.3. The molecular weight excluding hydrogens is 266 g/mol. The van der Waals surface area contributed by atoms with E-state index in [1.807, 2.05) is 6.07 Å². The first kappa shape index (κ1) is 13.3. The van der Waals surface area contributed by atoms with Crippen molar-refractivity contribution >= 4 is 5.91 Å². The van der Waals surface area contributed by atoms with Gasteiger partial charge < -0.3 is 9.88 Å². The van der Waals surface area contributed by atoms with Crippen LogP contribution in [0.25, 0.3) is 0 Å². The molecule has 1 aromatic rings. The maximum Gasteiger partial charge on any atom is 0.253 e. The summed E-state index contributed by atoms with van der Waals surface area (Å²) in [6, 6.07) is 1.84. The summed E-state index contributed by atoms with van der Waals surface area (Å²) in [7, 11) is 0. The van der Waals surface area contributed by atoms with E-state index in [-0.39, 0.29) is 37.3 Å². The molecule has 0 saturated heterocycles. The summed E-state index contributed by atoms with van der Waals surface area (Å²) in [5, 5.41) is 0. The molecule has 6 heteroatoms. The molecule has 2 heterocycles. The van der Waals surface area contributed by atoms with Gasteiger partial charge in [-0.1, -0.05) is 0 Å². The summed E-state index contributed by atoms with van der Waals surface area (Å²) in [6.45, 7) is 0.726. The van der Waals surface area contributed by atoms with Crippen molar-refractivity contribution in [1.29, 1.82) is 0 Å². The molecule has 0 aromatic carbocycles. The van der Waals surface area contributed by atoms with Gasteiger partial charge >= 0.3 is 0 Å². The van der Waals surface area contributed by atoms with E-state index in [1.54, 1.807) is 11.1 Å². The first-order chi connectivity index (χ1) is 9.46. The van der Waals surface area contributed by atoms with E-state index in [1.165, 1.54) is 0 Å². The molecular formula is C14H16F2N2O2. The molecule has 1 aromatic heterocycles. The Kier molecular flexibility index (Phi) is 3.11. The fourth-order valence-corrected chi connectivity index (χ4v) is 3.09. The van der Waals surface area contributed by atoms with Crippen LogP contribution in [0.4, 0.5) is 8.78 Å². The van der Waals surface area contributed by atoms with Gasteiger partial charge in [0, 0.05) is 37.1 Å². The predicted octanol–water partition coefficient (Wildman–Crippen LogP) is 1.70. The van der Waals surface area contributed by atoms with Crippen LogP contribution in [0.1, 0.15) is 30.4 Å². The average molecular weight is 282 g/mol. The second-order valence-electron chi connectivity index (χ2n) is 5.62. The lowest BCUT2D eigenvalue weighted by atomic mass is 9.99. The Morgan fingerprint density at radius 2 is 2.25 bits per heavy atom. The van der Waals surface area contributed by atoms with Gasteiger partial charge in [0.15, 0.2) is 0 Å². The number of nitrogens with one attached hydrogen (secondary N) is 1. The molecule has 1 aliphatic heterocycles. The van der Waals surface area contributed by atoms with Crippen molar-refractivity contribution in [3.63, 3.8) is 0 Å². The molecule has 1 N–H and O–H groups in total. The molecule has 20 heavy (non-hydrogen) atoms. The molecule has 0 radical (unpaired) electrons. The van der Waals surface area contributed by atoms with E-state index in [0.29, 0.717) is 18.5 Å². The molecule has 0 spiro atoms. The van der Waals surface area contributed by atoms with E-state index in [4.69, 9.17) is 0 Å². The monoisotopic (exact) mass is 282 g/mol. The minimum absolute atomic E-state index is 0.197. The third-order valence-corrected chi connectivity index (χ3v) is 4.23. The summed E-state index contributed by atoms with van der Waals surface area (Å²) >= 11 is 0. The zero-order valence-electron chi connectivity index (χ0n) is 11.0. The fourth-order valence-electron chi connectivity index (χ4n) is 3.09. The lowest BCUT2D eigenvalue weighted by Gasteiger charge is -2.30. The molecule has 0 unspecified atom stereocenters.